The van der Waals surface area contributed by atoms with E-state index in [1.54, 1.807) is 6.20 Å². The van der Waals surface area contributed by atoms with E-state index in [1.165, 1.54) is 0 Å². The first kappa shape index (κ1) is 12.5. The van der Waals surface area contributed by atoms with Crippen LogP contribution in [0.5, 0.6) is 11.5 Å². The second-order valence-corrected chi connectivity index (χ2v) is 5.14. The third kappa shape index (κ3) is 2.90. The van der Waals surface area contributed by atoms with Crippen molar-refractivity contribution in [3.05, 3.63) is 40.1 Å². The molecule has 5 nitrogen and oxygen atoms in total. The number of benzene rings is 1. The Balaban J connectivity index is 1.66. The zero-order valence-corrected chi connectivity index (χ0v) is 11.9. The second kappa shape index (κ2) is 5.63. The maximum atomic E-state index is 5.60. The molecule has 2 aromatic rings. The van der Waals surface area contributed by atoms with Gasteiger partial charge < -0.3 is 14.8 Å². The zero-order chi connectivity index (χ0) is 13.1. The van der Waals surface area contributed by atoms with Gasteiger partial charge in [0.05, 0.1) is 4.47 Å². The number of aromatic nitrogens is 2. The number of fused-ring (bicyclic) bond motifs is 1. The van der Waals surface area contributed by atoms with Crippen LogP contribution in [0.15, 0.2) is 28.9 Å². The molecule has 1 aliphatic heterocycles. The van der Waals surface area contributed by atoms with Crippen molar-refractivity contribution >= 4 is 15.9 Å². The molecule has 0 aliphatic carbocycles. The predicted octanol–water partition coefficient (Wildman–Crippen LogP) is 2.23. The molecule has 0 spiro atoms. The molecule has 0 saturated carbocycles. The fourth-order valence-electron chi connectivity index (χ4n) is 1.99. The summed E-state index contributed by atoms with van der Waals surface area (Å²) >= 11 is 3.51. The van der Waals surface area contributed by atoms with Gasteiger partial charge in [0.25, 0.3) is 0 Å². The molecule has 0 fully saturated rings. The van der Waals surface area contributed by atoms with E-state index in [-0.39, 0.29) is 0 Å². The number of ether oxygens (including phenoxy) is 2. The Kier molecular flexibility index (Phi) is 3.70. The van der Waals surface area contributed by atoms with Gasteiger partial charge in [0.1, 0.15) is 13.2 Å². The lowest BCUT2D eigenvalue weighted by molar-refractivity contribution is 0.170. The van der Waals surface area contributed by atoms with Crippen molar-refractivity contribution in [2.45, 2.75) is 13.1 Å². The molecule has 0 saturated heterocycles. The van der Waals surface area contributed by atoms with E-state index >= 15 is 0 Å². The monoisotopic (exact) mass is 323 g/mol. The van der Waals surface area contributed by atoms with Crippen molar-refractivity contribution in [3.63, 3.8) is 0 Å². The Hall–Kier alpha value is -1.53. The first-order valence-electron chi connectivity index (χ1n) is 6.10. The summed E-state index contributed by atoms with van der Waals surface area (Å²) in [5, 5.41) is 10.2. The number of hydrogen-bond donors (Lipinski definition) is 2. The lowest BCUT2D eigenvalue weighted by atomic mass is 10.2. The van der Waals surface area contributed by atoms with Crippen molar-refractivity contribution in [2.24, 2.45) is 0 Å². The van der Waals surface area contributed by atoms with E-state index in [4.69, 9.17) is 9.47 Å². The molecule has 2 N–H and O–H groups in total. The Morgan fingerprint density at radius 1 is 1.26 bits per heavy atom. The molecule has 1 aromatic heterocycles. The molecule has 0 amide bonds. The minimum absolute atomic E-state index is 0.600. The van der Waals surface area contributed by atoms with E-state index < -0.39 is 0 Å². The van der Waals surface area contributed by atoms with E-state index in [9.17, 15) is 0 Å². The summed E-state index contributed by atoms with van der Waals surface area (Å²) in [5.74, 6) is 1.60. The number of aromatic amines is 1. The SMILES string of the molecule is Brc1cc(CNCc2ccn[nH]2)cc2c1OCCO2. The molecule has 6 heteroatoms. The van der Waals surface area contributed by atoms with Crippen LogP contribution in [0, 0.1) is 0 Å². The molecule has 2 heterocycles. The summed E-state index contributed by atoms with van der Waals surface area (Å²) in [6, 6.07) is 6.01. The number of hydrogen-bond acceptors (Lipinski definition) is 4. The van der Waals surface area contributed by atoms with Gasteiger partial charge >= 0.3 is 0 Å². The lowest BCUT2D eigenvalue weighted by Gasteiger charge is -2.20. The van der Waals surface area contributed by atoms with Gasteiger partial charge in [-0.2, -0.15) is 5.10 Å². The molecule has 1 aliphatic rings. The van der Waals surface area contributed by atoms with Gasteiger partial charge in [0, 0.05) is 25.0 Å². The number of nitrogens with one attached hydrogen (secondary N) is 2. The van der Waals surface area contributed by atoms with Crippen LogP contribution in [0.25, 0.3) is 0 Å². The van der Waals surface area contributed by atoms with Crippen LogP contribution >= 0.6 is 15.9 Å². The molecule has 3 rings (SSSR count). The Morgan fingerprint density at radius 3 is 3.00 bits per heavy atom. The minimum atomic E-state index is 0.600. The van der Waals surface area contributed by atoms with Crippen LogP contribution < -0.4 is 14.8 Å². The molecule has 19 heavy (non-hydrogen) atoms. The van der Waals surface area contributed by atoms with Crippen LogP contribution in [-0.4, -0.2) is 23.4 Å². The van der Waals surface area contributed by atoms with E-state index in [0.29, 0.717) is 13.2 Å². The summed E-state index contributed by atoms with van der Waals surface area (Å²) < 4.78 is 12.1. The topological polar surface area (TPSA) is 59.2 Å². The van der Waals surface area contributed by atoms with Gasteiger partial charge in [0.15, 0.2) is 11.5 Å². The van der Waals surface area contributed by atoms with Gasteiger partial charge in [-0.25, -0.2) is 0 Å². The van der Waals surface area contributed by atoms with E-state index in [0.717, 1.165) is 40.3 Å². The Labute approximate surface area is 119 Å². The number of nitrogens with zero attached hydrogens (tertiary/aromatic N) is 1. The quantitative estimate of drug-likeness (QED) is 0.905. The fraction of sp³-hybridized carbons (Fsp3) is 0.308. The molecule has 1 aromatic carbocycles. The molecular formula is C13H14BrN3O2. The number of H-pyrrole nitrogens is 1. The first-order chi connectivity index (χ1) is 9.33. The first-order valence-corrected chi connectivity index (χ1v) is 6.89. The van der Waals surface area contributed by atoms with E-state index in [1.807, 2.05) is 18.2 Å². The Bertz CT molecular complexity index is 557. The molecular weight excluding hydrogens is 310 g/mol. The third-order valence-electron chi connectivity index (χ3n) is 2.86. The third-order valence-corrected chi connectivity index (χ3v) is 3.45. The summed E-state index contributed by atoms with van der Waals surface area (Å²) in [6.45, 7) is 2.72. The zero-order valence-electron chi connectivity index (χ0n) is 10.3. The maximum Gasteiger partial charge on any atom is 0.175 e. The Morgan fingerprint density at radius 2 is 2.16 bits per heavy atom. The highest BCUT2D eigenvalue weighted by Gasteiger charge is 2.16. The molecule has 0 unspecified atom stereocenters. The lowest BCUT2D eigenvalue weighted by Crippen LogP contribution is -2.17. The number of rotatable bonds is 4. The average molecular weight is 324 g/mol. The summed E-state index contributed by atoms with van der Waals surface area (Å²) in [7, 11) is 0. The average Bonchev–Trinajstić information content (AvgIpc) is 2.92. The van der Waals surface area contributed by atoms with Crippen LogP contribution in [0.3, 0.4) is 0 Å². The standard InChI is InChI=1S/C13H14BrN3O2/c14-11-5-9(6-12-13(11)19-4-3-18-12)7-15-8-10-1-2-16-17-10/h1-2,5-6,15H,3-4,7-8H2,(H,16,17). The van der Waals surface area contributed by atoms with E-state index in [2.05, 4.69) is 31.4 Å². The molecule has 100 valence electrons. The van der Waals surface area contributed by atoms with Gasteiger partial charge in [-0.3, -0.25) is 5.10 Å². The highest BCUT2D eigenvalue weighted by molar-refractivity contribution is 9.10. The van der Waals surface area contributed by atoms with Crippen molar-refractivity contribution < 1.29 is 9.47 Å². The highest BCUT2D eigenvalue weighted by Crippen LogP contribution is 2.38. The van der Waals surface area contributed by atoms with Crippen LogP contribution in [-0.2, 0) is 13.1 Å². The molecule has 0 bridgehead atoms. The predicted molar refractivity (Wildman–Crippen MR) is 74.3 cm³/mol. The highest BCUT2D eigenvalue weighted by atomic mass is 79.9. The van der Waals surface area contributed by atoms with Crippen molar-refractivity contribution in [1.29, 1.82) is 0 Å². The van der Waals surface area contributed by atoms with Crippen LogP contribution in [0.4, 0.5) is 0 Å². The molecule has 0 atom stereocenters. The summed E-state index contributed by atoms with van der Waals surface area (Å²) in [6.07, 6.45) is 1.75. The summed E-state index contributed by atoms with van der Waals surface area (Å²) in [5.41, 5.74) is 2.22. The van der Waals surface area contributed by atoms with Crippen molar-refractivity contribution in [3.8, 4) is 11.5 Å². The summed E-state index contributed by atoms with van der Waals surface area (Å²) in [4.78, 5) is 0. The second-order valence-electron chi connectivity index (χ2n) is 4.29. The van der Waals surface area contributed by atoms with Crippen molar-refractivity contribution in [2.75, 3.05) is 13.2 Å². The van der Waals surface area contributed by atoms with Crippen LogP contribution in [0.2, 0.25) is 0 Å². The smallest absolute Gasteiger partial charge is 0.175 e. The van der Waals surface area contributed by atoms with Gasteiger partial charge in [-0.1, -0.05) is 0 Å². The van der Waals surface area contributed by atoms with Gasteiger partial charge in [-0.15, -0.1) is 0 Å². The largest absolute Gasteiger partial charge is 0.486 e. The maximum absolute atomic E-state index is 5.60. The van der Waals surface area contributed by atoms with Crippen LogP contribution in [0.1, 0.15) is 11.3 Å². The molecule has 0 radical (unpaired) electrons. The normalized spacial score (nSPS) is 13.5. The number of halogens is 1. The fourth-order valence-corrected chi connectivity index (χ4v) is 2.59. The van der Waals surface area contributed by atoms with Gasteiger partial charge in [0.2, 0.25) is 0 Å². The van der Waals surface area contributed by atoms with Crippen molar-refractivity contribution in [1.82, 2.24) is 15.5 Å². The minimum Gasteiger partial charge on any atom is -0.486 e. The van der Waals surface area contributed by atoms with Gasteiger partial charge in [-0.05, 0) is 39.7 Å².